The zero-order chi connectivity index (χ0) is 14.7. The van der Waals surface area contributed by atoms with Gasteiger partial charge in [0.25, 0.3) is 0 Å². The smallest absolute Gasteiger partial charge is 0.313 e. The molecule has 20 heavy (non-hydrogen) atoms. The number of likely N-dealkylation sites (tertiary alicyclic amines) is 1. The highest BCUT2D eigenvalue weighted by molar-refractivity contribution is 6.41. The van der Waals surface area contributed by atoms with Crippen LogP contribution >= 0.6 is 11.6 Å². The summed E-state index contributed by atoms with van der Waals surface area (Å²) in [5, 5.41) is 11.8. The number of benzene rings is 1. The average Bonchev–Trinajstić information content (AvgIpc) is 2.41. The van der Waals surface area contributed by atoms with Crippen LogP contribution in [0.3, 0.4) is 0 Å². The van der Waals surface area contributed by atoms with Gasteiger partial charge in [0.2, 0.25) is 0 Å². The van der Waals surface area contributed by atoms with Gasteiger partial charge < -0.3 is 15.3 Å². The molecule has 0 spiro atoms. The van der Waals surface area contributed by atoms with E-state index in [9.17, 15) is 19.1 Å². The zero-order valence-electron chi connectivity index (χ0n) is 10.6. The van der Waals surface area contributed by atoms with E-state index < -0.39 is 23.7 Å². The first-order valence-electron chi connectivity index (χ1n) is 6.21. The number of aliphatic hydroxyl groups is 1. The summed E-state index contributed by atoms with van der Waals surface area (Å²) in [7, 11) is 0. The Hall–Kier alpha value is -1.66. The Balaban J connectivity index is 2.02. The molecule has 0 saturated carbocycles. The van der Waals surface area contributed by atoms with Gasteiger partial charge in [-0.05, 0) is 31.0 Å². The second-order valence-corrected chi connectivity index (χ2v) is 5.03. The van der Waals surface area contributed by atoms with Gasteiger partial charge in [0.1, 0.15) is 5.82 Å². The van der Waals surface area contributed by atoms with Crippen molar-refractivity contribution in [1.29, 1.82) is 0 Å². The van der Waals surface area contributed by atoms with Crippen molar-refractivity contribution in [3.8, 4) is 0 Å². The minimum Gasteiger partial charge on any atom is -0.391 e. The van der Waals surface area contributed by atoms with Crippen LogP contribution in [0.15, 0.2) is 18.2 Å². The number of halogens is 2. The number of carbonyl (C=O) groups excluding carboxylic acids is 2. The maximum absolute atomic E-state index is 12.9. The first-order chi connectivity index (χ1) is 9.47. The SMILES string of the molecule is O=C(Nc1ccc(F)cc1Cl)C(=O)N1CCCC(O)C1. The molecule has 108 valence electrons. The van der Waals surface area contributed by atoms with E-state index in [-0.39, 0.29) is 17.3 Å². The molecule has 2 amide bonds. The lowest BCUT2D eigenvalue weighted by atomic mass is 10.1. The number of piperidine rings is 1. The van der Waals surface area contributed by atoms with Crippen molar-refractivity contribution in [3.63, 3.8) is 0 Å². The molecule has 1 unspecified atom stereocenters. The molecule has 1 aromatic carbocycles. The van der Waals surface area contributed by atoms with Gasteiger partial charge in [-0.25, -0.2) is 4.39 Å². The Morgan fingerprint density at radius 1 is 1.45 bits per heavy atom. The normalized spacial score (nSPS) is 18.8. The van der Waals surface area contributed by atoms with Crippen molar-refractivity contribution >= 4 is 29.1 Å². The van der Waals surface area contributed by atoms with Gasteiger partial charge in [0, 0.05) is 13.1 Å². The molecule has 2 N–H and O–H groups in total. The second-order valence-electron chi connectivity index (χ2n) is 4.63. The van der Waals surface area contributed by atoms with Crippen molar-refractivity contribution < 1.29 is 19.1 Å². The minimum absolute atomic E-state index is 0.0184. The molecule has 5 nitrogen and oxygen atoms in total. The summed E-state index contributed by atoms with van der Waals surface area (Å²) in [6, 6.07) is 3.47. The van der Waals surface area contributed by atoms with Crippen LogP contribution in [0.4, 0.5) is 10.1 Å². The highest BCUT2D eigenvalue weighted by atomic mass is 35.5. The summed E-state index contributed by atoms with van der Waals surface area (Å²) in [6.45, 7) is 0.573. The lowest BCUT2D eigenvalue weighted by molar-refractivity contribution is -0.145. The van der Waals surface area contributed by atoms with Gasteiger partial charge in [-0.2, -0.15) is 0 Å². The van der Waals surface area contributed by atoms with Gasteiger partial charge in [0.15, 0.2) is 0 Å². The lowest BCUT2D eigenvalue weighted by Crippen LogP contribution is -2.46. The molecule has 1 aliphatic rings. The summed E-state index contributed by atoms with van der Waals surface area (Å²) in [5.41, 5.74) is 0.170. The van der Waals surface area contributed by atoms with Crippen LogP contribution in [-0.4, -0.2) is 41.0 Å². The molecule has 1 atom stereocenters. The Labute approximate surface area is 120 Å². The van der Waals surface area contributed by atoms with E-state index in [1.165, 1.54) is 11.0 Å². The number of aliphatic hydroxyl groups excluding tert-OH is 1. The molecule has 1 saturated heterocycles. The van der Waals surface area contributed by atoms with E-state index in [4.69, 9.17) is 11.6 Å². The standard InChI is InChI=1S/C13H14ClFN2O3/c14-10-6-8(15)3-4-11(10)16-12(19)13(20)17-5-1-2-9(18)7-17/h3-4,6,9,18H,1-2,5,7H2,(H,16,19). The number of anilines is 1. The van der Waals surface area contributed by atoms with Crippen LogP contribution in [0.1, 0.15) is 12.8 Å². The highest BCUT2D eigenvalue weighted by Gasteiger charge is 2.27. The van der Waals surface area contributed by atoms with E-state index >= 15 is 0 Å². The number of hydrogen-bond acceptors (Lipinski definition) is 3. The monoisotopic (exact) mass is 300 g/mol. The molecule has 1 aromatic rings. The summed E-state index contributed by atoms with van der Waals surface area (Å²) in [5.74, 6) is -2.12. The van der Waals surface area contributed by atoms with E-state index in [1.807, 2.05) is 0 Å². The topological polar surface area (TPSA) is 69.6 Å². The van der Waals surface area contributed by atoms with Gasteiger partial charge in [-0.15, -0.1) is 0 Å². The number of hydrogen-bond donors (Lipinski definition) is 2. The van der Waals surface area contributed by atoms with Crippen molar-refractivity contribution in [3.05, 3.63) is 29.0 Å². The molecule has 1 aliphatic heterocycles. The Morgan fingerprint density at radius 3 is 2.85 bits per heavy atom. The summed E-state index contributed by atoms with van der Waals surface area (Å²) >= 11 is 5.77. The van der Waals surface area contributed by atoms with Gasteiger partial charge in [-0.1, -0.05) is 11.6 Å². The van der Waals surface area contributed by atoms with Crippen molar-refractivity contribution in [2.24, 2.45) is 0 Å². The Morgan fingerprint density at radius 2 is 2.20 bits per heavy atom. The predicted octanol–water partition coefficient (Wildman–Crippen LogP) is 1.40. The number of rotatable bonds is 1. The fraction of sp³-hybridized carbons (Fsp3) is 0.385. The molecule has 2 rings (SSSR count). The molecule has 1 heterocycles. The molecule has 1 fully saturated rings. The van der Waals surface area contributed by atoms with Crippen molar-refractivity contribution in [1.82, 2.24) is 4.90 Å². The average molecular weight is 301 g/mol. The van der Waals surface area contributed by atoms with Gasteiger partial charge in [0.05, 0.1) is 16.8 Å². The maximum Gasteiger partial charge on any atom is 0.313 e. The van der Waals surface area contributed by atoms with E-state index in [0.29, 0.717) is 19.4 Å². The third-order valence-corrected chi connectivity index (χ3v) is 3.37. The largest absolute Gasteiger partial charge is 0.391 e. The fourth-order valence-corrected chi connectivity index (χ4v) is 2.26. The summed E-state index contributed by atoms with van der Waals surface area (Å²) in [4.78, 5) is 25.0. The van der Waals surface area contributed by atoms with Crippen LogP contribution in [0.5, 0.6) is 0 Å². The number of carbonyl (C=O) groups is 2. The number of amides is 2. The molecule has 0 bridgehead atoms. The zero-order valence-corrected chi connectivity index (χ0v) is 11.4. The molecular weight excluding hydrogens is 287 g/mol. The third kappa shape index (κ3) is 3.46. The second kappa shape index (κ2) is 6.19. The van der Waals surface area contributed by atoms with Crippen LogP contribution in [0, 0.1) is 5.82 Å². The lowest BCUT2D eigenvalue weighted by Gasteiger charge is -2.29. The number of nitrogens with one attached hydrogen (secondary N) is 1. The van der Waals surface area contributed by atoms with Crippen molar-refractivity contribution in [2.45, 2.75) is 18.9 Å². The highest BCUT2D eigenvalue weighted by Crippen LogP contribution is 2.22. The molecule has 7 heteroatoms. The first kappa shape index (κ1) is 14.7. The van der Waals surface area contributed by atoms with Crippen LogP contribution in [0.2, 0.25) is 5.02 Å². The van der Waals surface area contributed by atoms with Crippen LogP contribution in [-0.2, 0) is 9.59 Å². The first-order valence-corrected chi connectivity index (χ1v) is 6.58. The molecule has 0 aromatic heterocycles. The minimum atomic E-state index is -0.854. The fourth-order valence-electron chi connectivity index (χ4n) is 2.05. The van der Waals surface area contributed by atoms with Crippen LogP contribution < -0.4 is 5.32 Å². The predicted molar refractivity (Wildman–Crippen MR) is 71.9 cm³/mol. The van der Waals surface area contributed by atoms with Gasteiger partial charge in [-0.3, -0.25) is 9.59 Å². The van der Waals surface area contributed by atoms with E-state index in [1.54, 1.807) is 0 Å². The Bertz CT molecular complexity index is 538. The van der Waals surface area contributed by atoms with Gasteiger partial charge >= 0.3 is 11.8 Å². The quantitative estimate of drug-likeness (QED) is 0.770. The molecular formula is C13H14ClFN2O3. The number of β-amino-alcohol motifs (C(OH)–C–C–N with tert-alkyl or cyclic N) is 1. The van der Waals surface area contributed by atoms with E-state index in [0.717, 1.165) is 12.1 Å². The van der Waals surface area contributed by atoms with Crippen LogP contribution in [0.25, 0.3) is 0 Å². The number of nitrogens with zero attached hydrogens (tertiary/aromatic N) is 1. The Kier molecular flexibility index (Phi) is 4.57. The molecule has 0 radical (unpaired) electrons. The van der Waals surface area contributed by atoms with E-state index in [2.05, 4.69) is 5.32 Å². The maximum atomic E-state index is 12.9. The van der Waals surface area contributed by atoms with Crippen molar-refractivity contribution in [2.75, 3.05) is 18.4 Å². The third-order valence-electron chi connectivity index (χ3n) is 3.06. The summed E-state index contributed by atoms with van der Waals surface area (Å²) < 4.78 is 12.9. The summed E-state index contributed by atoms with van der Waals surface area (Å²) in [6.07, 6.45) is 0.669. The molecule has 0 aliphatic carbocycles.